The van der Waals surface area contributed by atoms with Crippen molar-refractivity contribution in [3.05, 3.63) is 71.4 Å². The molecule has 4 heterocycles. The quantitative estimate of drug-likeness (QED) is 0.216. The number of aromatic nitrogens is 4. The number of nitrogens with one attached hydrogen (secondary N) is 2. The number of rotatable bonds is 5. The van der Waals surface area contributed by atoms with Crippen LogP contribution >= 0.6 is 0 Å². The van der Waals surface area contributed by atoms with Gasteiger partial charge in [-0.25, -0.2) is 19.6 Å². The predicted molar refractivity (Wildman–Crippen MR) is 179 cm³/mol. The molecule has 1 unspecified atom stereocenters. The number of ether oxygens (including phenoxy) is 2. The van der Waals surface area contributed by atoms with Crippen LogP contribution < -0.4 is 0 Å². The second kappa shape index (κ2) is 12.3. The molecule has 2 fully saturated rings. The van der Waals surface area contributed by atoms with Crippen LogP contribution in [0.1, 0.15) is 102 Å². The maximum Gasteiger partial charge on any atom is 0.410 e. The maximum absolute atomic E-state index is 12.8. The number of aromatic amines is 2. The van der Waals surface area contributed by atoms with Crippen molar-refractivity contribution in [3.63, 3.8) is 0 Å². The van der Waals surface area contributed by atoms with Gasteiger partial charge in [0, 0.05) is 24.8 Å². The van der Waals surface area contributed by atoms with Crippen molar-refractivity contribution in [1.82, 2.24) is 29.7 Å². The van der Waals surface area contributed by atoms with Crippen LogP contribution in [0.25, 0.3) is 34.4 Å². The summed E-state index contributed by atoms with van der Waals surface area (Å²) < 4.78 is 11.3. The number of nitrogens with zero attached hydrogens (tertiary/aromatic N) is 4. The molecule has 0 radical (unpaired) electrons. The van der Waals surface area contributed by atoms with Crippen molar-refractivity contribution in [3.8, 4) is 11.3 Å². The van der Waals surface area contributed by atoms with Crippen LogP contribution in [0.15, 0.2) is 48.7 Å². The molecule has 46 heavy (non-hydrogen) atoms. The highest BCUT2D eigenvalue weighted by molar-refractivity contribution is 5.81. The number of imidazole rings is 2. The molecule has 2 aromatic heterocycles. The van der Waals surface area contributed by atoms with E-state index in [4.69, 9.17) is 19.4 Å². The summed E-state index contributed by atoms with van der Waals surface area (Å²) in [4.78, 5) is 45.5. The molecule has 0 aliphatic carbocycles. The van der Waals surface area contributed by atoms with Crippen LogP contribution in [-0.2, 0) is 9.47 Å². The molecule has 6 rings (SSSR count). The van der Waals surface area contributed by atoms with E-state index < -0.39 is 11.2 Å². The standard InChI is InChI=1S/C36H44N6O4/c1-35(2,3)45-33(43)41-19-7-9-29(41)31-37-22-28(40-31)25-16-13-23(14-17-25)11-12-24-15-18-26-27(21-24)39-32(38-26)30-10-8-20-42(30)34(44)46-36(4,5)6/h11-18,21-22,29-30H,7-10,19-20H2,1-6H3,(H,37,40)(H,38,39)/b12-11+/t29?,30-/m0/s1. The fourth-order valence-electron chi connectivity index (χ4n) is 6.10. The van der Waals surface area contributed by atoms with Gasteiger partial charge >= 0.3 is 12.2 Å². The van der Waals surface area contributed by atoms with Gasteiger partial charge in [-0.15, -0.1) is 0 Å². The van der Waals surface area contributed by atoms with Crippen molar-refractivity contribution in [2.75, 3.05) is 13.1 Å². The van der Waals surface area contributed by atoms with Crippen molar-refractivity contribution >= 4 is 35.4 Å². The highest BCUT2D eigenvalue weighted by Crippen LogP contribution is 2.34. The molecule has 2 saturated heterocycles. The second-order valence-corrected chi connectivity index (χ2v) is 14.2. The molecule has 2 aliphatic rings. The minimum atomic E-state index is -0.537. The minimum absolute atomic E-state index is 0.115. The summed E-state index contributed by atoms with van der Waals surface area (Å²) in [5.41, 5.74) is 4.67. The van der Waals surface area contributed by atoms with Crippen LogP contribution in [0.2, 0.25) is 0 Å². The monoisotopic (exact) mass is 624 g/mol. The van der Waals surface area contributed by atoms with E-state index in [2.05, 4.69) is 58.5 Å². The predicted octanol–water partition coefficient (Wildman–Crippen LogP) is 8.27. The number of amides is 2. The minimum Gasteiger partial charge on any atom is -0.444 e. The zero-order chi connectivity index (χ0) is 32.6. The Hall–Kier alpha value is -4.60. The molecule has 0 bridgehead atoms. The zero-order valence-electron chi connectivity index (χ0n) is 27.6. The first-order valence-corrected chi connectivity index (χ1v) is 16.2. The van der Waals surface area contributed by atoms with Crippen LogP contribution in [0.3, 0.4) is 0 Å². The van der Waals surface area contributed by atoms with Gasteiger partial charge in [0.05, 0.1) is 28.8 Å². The third kappa shape index (κ3) is 7.11. The SMILES string of the molecule is CC(C)(C)OC(=O)N1CCCC1c1nc(-c2ccc(/C=C/c3ccc4[nH]c([C@@H]5CCCN5C(=O)OC(C)(C)C)nc4c3)cc2)c[nH]1. The molecule has 2 N–H and O–H groups in total. The van der Waals surface area contributed by atoms with E-state index in [1.807, 2.05) is 53.8 Å². The van der Waals surface area contributed by atoms with Crippen LogP contribution in [-0.4, -0.2) is 66.2 Å². The number of hydrogen-bond acceptors (Lipinski definition) is 6. The third-order valence-corrected chi connectivity index (χ3v) is 8.19. The molecular weight excluding hydrogens is 580 g/mol. The lowest BCUT2D eigenvalue weighted by Crippen LogP contribution is -2.36. The van der Waals surface area contributed by atoms with E-state index in [0.717, 1.165) is 70.7 Å². The summed E-state index contributed by atoms with van der Waals surface area (Å²) in [5.74, 6) is 1.58. The van der Waals surface area contributed by atoms with Gasteiger partial charge < -0.3 is 19.4 Å². The van der Waals surface area contributed by atoms with E-state index in [9.17, 15) is 9.59 Å². The molecule has 10 heteroatoms. The highest BCUT2D eigenvalue weighted by atomic mass is 16.6. The smallest absolute Gasteiger partial charge is 0.410 e. The lowest BCUT2D eigenvalue weighted by molar-refractivity contribution is 0.0208. The number of H-pyrrole nitrogens is 2. The molecule has 2 aliphatic heterocycles. The Labute approximate surface area is 270 Å². The Bertz CT molecular complexity index is 1740. The first kappa shape index (κ1) is 31.4. The number of carbonyl (C=O) groups is 2. The van der Waals surface area contributed by atoms with Gasteiger partial charge in [-0.2, -0.15) is 0 Å². The molecule has 2 amide bonds. The van der Waals surface area contributed by atoms with Crippen LogP contribution in [0, 0.1) is 0 Å². The Morgan fingerprint density at radius 1 is 0.783 bits per heavy atom. The molecule has 10 nitrogen and oxygen atoms in total. The second-order valence-electron chi connectivity index (χ2n) is 14.2. The van der Waals surface area contributed by atoms with Gasteiger partial charge in [0.25, 0.3) is 0 Å². The summed E-state index contributed by atoms with van der Waals surface area (Å²) in [7, 11) is 0. The summed E-state index contributed by atoms with van der Waals surface area (Å²) in [5, 5.41) is 0. The average Bonchev–Trinajstić information content (AvgIpc) is 3.79. The molecule has 242 valence electrons. The largest absolute Gasteiger partial charge is 0.444 e. The molecule has 2 atom stereocenters. The van der Waals surface area contributed by atoms with Crippen molar-refractivity contribution in [1.29, 1.82) is 0 Å². The highest BCUT2D eigenvalue weighted by Gasteiger charge is 2.36. The fraction of sp³-hybridized carbons (Fsp3) is 0.444. The van der Waals surface area contributed by atoms with E-state index >= 15 is 0 Å². The first-order chi connectivity index (χ1) is 21.8. The molecular formula is C36H44N6O4. The van der Waals surface area contributed by atoms with Gasteiger partial charge in [-0.1, -0.05) is 42.5 Å². The van der Waals surface area contributed by atoms with Crippen molar-refractivity contribution in [2.45, 2.75) is 90.5 Å². The lowest BCUT2D eigenvalue weighted by Gasteiger charge is -2.27. The van der Waals surface area contributed by atoms with E-state index in [1.165, 1.54) is 0 Å². The zero-order valence-corrected chi connectivity index (χ0v) is 27.6. The summed E-state index contributed by atoms with van der Waals surface area (Å²) in [6.45, 7) is 12.6. The Morgan fingerprint density at radius 3 is 1.96 bits per heavy atom. The molecule has 4 aromatic rings. The topological polar surface area (TPSA) is 116 Å². The number of hydrogen-bond donors (Lipinski definition) is 2. The number of likely N-dealkylation sites (tertiary alicyclic amines) is 2. The normalized spacial score (nSPS) is 19.0. The van der Waals surface area contributed by atoms with Crippen molar-refractivity contribution < 1.29 is 19.1 Å². The lowest BCUT2D eigenvalue weighted by atomic mass is 10.1. The third-order valence-electron chi connectivity index (χ3n) is 8.19. The van der Waals surface area contributed by atoms with Gasteiger partial charge in [-0.3, -0.25) is 9.80 Å². The Balaban J connectivity index is 1.11. The Kier molecular flexibility index (Phi) is 8.39. The van der Waals surface area contributed by atoms with E-state index in [-0.39, 0.29) is 24.3 Å². The Morgan fingerprint density at radius 2 is 1.35 bits per heavy atom. The van der Waals surface area contributed by atoms with E-state index in [1.54, 1.807) is 9.80 Å². The number of carbonyl (C=O) groups excluding carboxylic acids is 2. The average molecular weight is 625 g/mol. The summed E-state index contributed by atoms with van der Waals surface area (Å²) in [6.07, 6.45) is 9.00. The molecule has 0 saturated carbocycles. The molecule has 2 aromatic carbocycles. The number of benzene rings is 2. The van der Waals surface area contributed by atoms with E-state index in [0.29, 0.717) is 13.1 Å². The summed E-state index contributed by atoms with van der Waals surface area (Å²) in [6, 6.07) is 14.2. The van der Waals surface area contributed by atoms with Crippen molar-refractivity contribution in [2.24, 2.45) is 0 Å². The van der Waals surface area contributed by atoms with Gasteiger partial charge in [0.1, 0.15) is 22.9 Å². The van der Waals surface area contributed by atoms with Crippen LogP contribution in [0.5, 0.6) is 0 Å². The maximum atomic E-state index is 12.8. The van der Waals surface area contributed by atoms with Crippen LogP contribution in [0.4, 0.5) is 9.59 Å². The summed E-state index contributed by atoms with van der Waals surface area (Å²) >= 11 is 0. The molecule has 0 spiro atoms. The van der Waals surface area contributed by atoms with Gasteiger partial charge in [0.15, 0.2) is 0 Å². The van der Waals surface area contributed by atoms with Gasteiger partial charge in [0.2, 0.25) is 0 Å². The fourth-order valence-corrected chi connectivity index (χ4v) is 6.10. The number of fused-ring (bicyclic) bond motifs is 1. The first-order valence-electron chi connectivity index (χ1n) is 16.2. The van der Waals surface area contributed by atoms with Gasteiger partial charge in [-0.05, 0) is 90.5 Å².